The lowest BCUT2D eigenvalue weighted by atomic mass is 10.1. The molecule has 2 N–H and O–H groups in total. The third-order valence-electron chi connectivity index (χ3n) is 1.76. The van der Waals surface area contributed by atoms with Crippen molar-refractivity contribution in [3.63, 3.8) is 0 Å². The van der Waals surface area contributed by atoms with Crippen molar-refractivity contribution in [1.82, 2.24) is 4.98 Å². The highest BCUT2D eigenvalue weighted by atomic mass is 16.1. The van der Waals surface area contributed by atoms with Crippen molar-refractivity contribution in [2.75, 3.05) is 0 Å². The lowest BCUT2D eigenvalue weighted by molar-refractivity contribution is -0.106. The fourth-order valence-electron chi connectivity index (χ4n) is 1.02. The van der Waals surface area contributed by atoms with E-state index in [2.05, 4.69) is 18.0 Å². The Balaban J connectivity index is 0.000000500. The molecule has 0 radical (unpaired) electrons. The molecule has 1 heterocycles. The minimum atomic E-state index is 0.141. The highest BCUT2D eigenvalue weighted by Gasteiger charge is 2.01. The van der Waals surface area contributed by atoms with Gasteiger partial charge >= 0.3 is 0 Å². The zero-order chi connectivity index (χ0) is 11.0. The predicted molar refractivity (Wildman–Crippen MR) is 57.9 cm³/mol. The molecule has 0 bridgehead atoms. The van der Waals surface area contributed by atoms with Gasteiger partial charge in [0.25, 0.3) is 0 Å². The number of aromatic nitrogens is 1. The first-order chi connectivity index (χ1) is 6.65. The van der Waals surface area contributed by atoms with E-state index in [-0.39, 0.29) is 6.04 Å². The molecule has 1 aromatic rings. The summed E-state index contributed by atoms with van der Waals surface area (Å²) in [6, 6.07) is 2.23. The SMILES string of the molecule is CC=O.CCC(N)c1cncc(C)c1. The number of carbonyl (C=O) groups is 1. The highest BCUT2D eigenvalue weighted by Crippen LogP contribution is 2.12. The van der Waals surface area contributed by atoms with Gasteiger partial charge in [0, 0.05) is 18.4 Å². The van der Waals surface area contributed by atoms with Crippen LogP contribution in [0.5, 0.6) is 0 Å². The molecule has 0 saturated heterocycles. The Morgan fingerprint density at radius 3 is 2.57 bits per heavy atom. The maximum absolute atomic E-state index is 8.81. The molecule has 1 rings (SSSR count). The van der Waals surface area contributed by atoms with Gasteiger partial charge in [0.1, 0.15) is 6.29 Å². The molecule has 1 atom stereocenters. The second kappa shape index (κ2) is 7.21. The zero-order valence-corrected chi connectivity index (χ0v) is 9.03. The van der Waals surface area contributed by atoms with Crippen molar-refractivity contribution in [2.24, 2.45) is 5.73 Å². The minimum absolute atomic E-state index is 0.141. The highest BCUT2D eigenvalue weighted by molar-refractivity contribution is 5.44. The van der Waals surface area contributed by atoms with Gasteiger partial charge in [-0.25, -0.2) is 0 Å². The van der Waals surface area contributed by atoms with Crippen LogP contribution in [0, 0.1) is 6.92 Å². The molecule has 3 nitrogen and oxygen atoms in total. The summed E-state index contributed by atoms with van der Waals surface area (Å²) in [7, 11) is 0. The number of hydrogen-bond acceptors (Lipinski definition) is 3. The lowest BCUT2D eigenvalue weighted by Gasteiger charge is -2.08. The van der Waals surface area contributed by atoms with Gasteiger partial charge in [-0.05, 0) is 31.4 Å². The quantitative estimate of drug-likeness (QED) is 0.733. The maximum atomic E-state index is 8.81. The summed E-state index contributed by atoms with van der Waals surface area (Å²) in [5.74, 6) is 0. The van der Waals surface area contributed by atoms with Crippen molar-refractivity contribution in [3.05, 3.63) is 29.6 Å². The van der Waals surface area contributed by atoms with Crippen LogP contribution in [0.15, 0.2) is 18.5 Å². The zero-order valence-electron chi connectivity index (χ0n) is 9.03. The van der Waals surface area contributed by atoms with Gasteiger partial charge in [0.15, 0.2) is 0 Å². The van der Waals surface area contributed by atoms with Crippen LogP contribution < -0.4 is 5.73 Å². The molecular formula is C11H18N2O. The van der Waals surface area contributed by atoms with Gasteiger partial charge in [0.2, 0.25) is 0 Å². The number of pyridine rings is 1. The van der Waals surface area contributed by atoms with Crippen LogP contribution in [0.25, 0.3) is 0 Å². The van der Waals surface area contributed by atoms with Crippen LogP contribution in [0.4, 0.5) is 0 Å². The third-order valence-corrected chi connectivity index (χ3v) is 1.76. The number of carbonyl (C=O) groups excluding carboxylic acids is 1. The Labute approximate surface area is 85.3 Å². The smallest absolute Gasteiger partial charge is 0.116 e. The standard InChI is InChI=1S/C9H14N2.C2H4O/c1-3-9(10)8-4-7(2)5-11-6-8;1-2-3/h4-6,9H,3,10H2,1-2H3;2H,1H3. The van der Waals surface area contributed by atoms with Crippen molar-refractivity contribution in [1.29, 1.82) is 0 Å². The molecule has 0 aliphatic heterocycles. The topological polar surface area (TPSA) is 56.0 Å². The first-order valence-electron chi connectivity index (χ1n) is 4.72. The second-order valence-electron chi connectivity index (χ2n) is 3.05. The van der Waals surface area contributed by atoms with Crippen LogP contribution >= 0.6 is 0 Å². The van der Waals surface area contributed by atoms with Crippen LogP contribution in [0.3, 0.4) is 0 Å². The van der Waals surface area contributed by atoms with E-state index in [4.69, 9.17) is 10.5 Å². The summed E-state index contributed by atoms with van der Waals surface area (Å²) in [6.45, 7) is 5.55. The Bertz CT molecular complexity index is 274. The molecule has 0 aliphatic carbocycles. The number of aldehydes is 1. The molecular weight excluding hydrogens is 176 g/mol. The van der Waals surface area contributed by atoms with E-state index in [9.17, 15) is 0 Å². The summed E-state index contributed by atoms with van der Waals surface area (Å²) in [4.78, 5) is 12.9. The summed E-state index contributed by atoms with van der Waals surface area (Å²) >= 11 is 0. The third kappa shape index (κ3) is 4.72. The number of hydrogen-bond donors (Lipinski definition) is 1. The Morgan fingerprint density at radius 2 is 2.14 bits per heavy atom. The van der Waals surface area contributed by atoms with E-state index in [0.29, 0.717) is 0 Å². The molecule has 0 aliphatic rings. The van der Waals surface area contributed by atoms with E-state index in [1.807, 2.05) is 19.3 Å². The summed E-state index contributed by atoms with van der Waals surface area (Å²) in [6.07, 6.45) is 5.39. The van der Waals surface area contributed by atoms with Crippen LogP contribution in [-0.4, -0.2) is 11.3 Å². The molecule has 0 amide bonds. The van der Waals surface area contributed by atoms with E-state index in [1.54, 1.807) is 0 Å². The molecule has 1 unspecified atom stereocenters. The van der Waals surface area contributed by atoms with Crippen molar-refractivity contribution in [2.45, 2.75) is 33.2 Å². The van der Waals surface area contributed by atoms with Crippen LogP contribution in [0.2, 0.25) is 0 Å². The summed E-state index contributed by atoms with van der Waals surface area (Å²) in [5.41, 5.74) is 8.13. The van der Waals surface area contributed by atoms with E-state index in [0.717, 1.165) is 18.3 Å². The average Bonchev–Trinajstić information content (AvgIpc) is 2.18. The number of aryl methyl sites for hydroxylation is 1. The van der Waals surface area contributed by atoms with Gasteiger partial charge < -0.3 is 10.5 Å². The molecule has 0 spiro atoms. The van der Waals surface area contributed by atoms with E-state index >= 15 is 0 Å². The van der Waals surface area contributed by atoms with Gasteiger partial charge in [-0.2, -0.15) is 0 Å². The lowest BCUT2D eigenvalue weighted by Crippen LogP contribution is -2.08. The molecule has 3 heteroatoms. The first-order valence-corrected chi connectivity index (χ1v) is 4.72. The van der Waals surface area contributed by atoms with Crippen LogP contribution in [-0.2, 0) is 4.79 Å². The average molecular weight is 194 g/mol. The van der Waals surface area contributed by atoms with Gasteiger partial charge in [-0.3, -0.25) is 4.98 Å². The molecule has 1 aromatic heterocycles. The van der Waals surface area contributed by atoms with Crippen molar-refractivity contribution in [3.8, 4) is 0 Å². The molecule has 78 valence electrons. The van der Waals surface area contributed by atoms with E-state index in [1.165, 1.54) is 12.5 Å². The Hall–Kier alpha value is -1.22. The van der Waals surface area contributed by atoms with Gasteiger partial charge in [0.05, 0.1) is 0 Å². The number of nitrogens with zero attached hydrogens (tertiary/aromatic N) is 1. The van der Waals surface area contributed by atoms with Crippen molar-refractivity contribution >= 4 is 6.29 Å². The van der Waals surface area contributed by atoms with Crippen molar-refractivity contribution < 1.29 is 4.79 Å². The fraction of sp³-hybridized carbons (Fsp3) is 0.455. The van der Waals surface area contributed by atoms with Gasteiger partial charge in [-0.15, -0.1) is 0 Å². The Kier molecular flexibility index (Phi) is 6.58. The first kappa shape index (κ1) is 12.8. The fourth-order valence-corrected chi connectivity index (χ4v) is 1.02. The Morgan fingerprint density at radius 1 is 1.57 bits per heavy atom. The summed E-state index contributed by atoms with van der Waals surface area (Å²) < 4.78 is 0. The van der Waals surface area contributed by atoms with Gasteiger partial charge in [-0.1, -0.05) is 13.0 Å². The van der Waals surface area contributed by atoms with E-state index < -0.39 is 0 Å². The normalized spacial score (nSPS) is 11.1. The summed E-state index contributed by atoms with van der Waals surface area (Å²) in [5, 5.41) is 0. The molecule has 0 saturated carbocycles. The maximum Gasteiger partial charge on any atom is 0.116 e. The predicted octanol–water partition coefficient (Wildman–Crippen LogP) is 2.01. The monoisotopic (exact) mass is 194 g/mol. The molecule has 14 heavy (non-hydrogen) atoms. The minimum Gasteiger partial charge on any atom is -0.324 e. The number of nitrogens with two attached hydrogens (primary N) is 1. The second-order valence-corrected chi connectivity index (χ2v) is 3.05. The number of rotatable bonds is 2. The van der Waals surface area contributed by atoms with Crippen LogP contribution in [0.1, 0.15) is 37.4 Å². The molecule has 0 aromatic carbocycles. The largest absolute Gasteiger partial charge is 0.324 e. The molecule has 0 fully saturated rings.